The van der Waals surface area contributed by atoms with Gasteiger partial charge in [-0.3, -0.25) is 4.79 Å². The van der Waals surface area contributed by atoms with Gasteiger partial charge in [-0.15, -0.1) is 0 Å². The minimum atomic E-state index is -0.455. The largest absolute Gasteiger partial charge is 0.441 e. The molecule has 3 rings (SSSR count). The fraction of sp³-hybridized carbons (Fsp3) is 0.238. The number of oxazole rings is 1. The lowest BCUT2D eigenvalue weighted by atomic mass is 10.0. The molecule has 2 aromatic carbocycles. The molecule has 1 amide bonds. The number of hydrogen-bond acceptors (Lipinski definition) is 3. The quantitative estimate of drug-likeness (QED) is 0.665. The van der Waals surface area contributed by atoms with Gasteiger partial charge >= 0.3 is 0 Å². The van der Waals surface area contributed by atoms with Crippen molar-refractivity contribution < 1.29 is 13.6 Å². The second kappa shape index (κ2) is 7.95. The van der Waals surface area contributed by atoms with Crippen LogP contribution in [0.2, 0.25) is 0 Å². The van der Waals surface area contributed by atoms with Crippen LogP contribution in [0.25, 0.3) is 11.3 Å². The summed E-state index contributed by atoms with van der Waals surface area (Å²) in [7, 11) is 0. The molecule has 1 heterocycles. The van der Waals surface area contributed by atoms with Crippen molar-refractivity contribution in [1.29, 1.82) is 0 Å². The van der Waals surface area contributed by atoms with E-state index in [1.165, 1.54) is 17.7 Å². The molecule has 5 heteroatoms. The number of hydrogen-bond donors (Lipinski definition) is 1. The second-order valence-electron chi connectivity index (χ2n) is 6.42. The number of nitrogens with one attached hydrogen (secondary N) is 1. The molecule has 134 valence electrons. The Kier molecular flexibility index (Phi) is 5.46. The van der Waals surface area contributed by atoms with Crippen molar-refractivity contribution >= 4 is 11.6 Å². The van der Waals surface area contributed by atoms with Crippen LogP contribution in [0.3, 0.4) is 0 Å². The summed E-state index contributed by atoms with van der Waals surface area (Å²) in [6, 6.07) is 14.2. The number of nitrogens with zero attached hydrogens (tertiary/aromatic N) is 1. The van der Waals surface area contributed by atoms with Crippen LogP contribution in [0.4, 0.5) is 10.1 Å². The monoisotopic (exact) mass is 352 g/mol. The van der Waals surface area contributed by atoms with Gasteiger partial charge in [0.2, 0.25) is 5.91 Å². The molecule has 1 aromatic heterocycles. The Morgan fingerprint density at radius 3 is 2.58 bits per heavy atom. The zero-order chi connectivity index (χ0) is 18.5. The van der Waals surface area contributed by atoms with E-state index in [2.05, 4.69) is 36.3 Å². The van der Waals surface area contributed by atoms with Gasteiger partial charge < -0.3 is 9.73 Å². The SMILES string of the molecule is CC(C)c1ccc(-c2cnc(CCC(=O)Nc3ccccc3F)o2)cc1. The predicted octanol–water partition coefficient (Wildman–Crippen LogP) is 5.18. The number of halogens is 1. The lowest BCUT2D eigenvalue weighted by Crippen LogP contribution is -2.13. The molecule has 0 saturated carbocycles. The van der Waals surface area contributed by atoms with Crippen molar-refractivity contribution in [1.82, 2.24) is 4.98 Å². The zero-order valence-corrected chi connectivity index (χ0v) is 14.8. The topological polar surface area (TPSA) is 55.1 Å². The Morgan fingerprint density at radius 2 is 1.88 bits per heavy atom. The Morgan fingerprint density at radius 1 is 1.15 bits per heavy atom. The van der Waals surface area contributed by atoms with Crippen molar-refractivity contribution in [3.8, 4) is 11.3 Å². The van der Waals surface area contributed by atoms with Gasteiger partial charge in [0.1, 0.15) is 5.82 Å². The van der Waals surface area contributed by atoms with E-state index < -0.39 is 5.82 Å². The smallest absolute Gasteiger partial charge is 0.224 e. The lowest BCUT2D eigenvalue weighted by Gasteiger charge is -2.05. The van der Waals surface area contributed by atoms with Crippen molar-refractivity contribution in [2.45, 2.75) is 32.6 Å². The van der Waals surface area contributed by atoms with Gasteiger partial charge in [-0.1, -0.05) is 50.2 Å². The maximum atomic E-state index is 13.5. The summed E-state index contributed by atoms with van der Waals surface area (Å²) < 4.78 is 19.3. The van der Waals surface area contributed by atoms with Crippen LogP contribution in [0, 0.1) is 5.82 Å². The minimum Gasteiger partial charge on any atom is -0.441 e. The van der Waals surface area contributed by atoms with Gasteiger partial charge in [0.25, 0.3) is 0 Å². The summed E-state index contributed by atoms with van der Waals surface area (Å²) in [5.74, 6) is 0.893. The molecule has 0 aliphatic heterocycles. The predicted molar refractivity (Wildman–Crippen MR) is 99.4 cm³/mol. The van der Waals surface area contributed by atoms with E-state index in [0.717, 1.165) is 5.56 Å². The molecule has 1 N–H and O–H groups in total. The van der Waals surface area contributed by atoms with Gasteiger partial charge in [-0.25, -0.2) is 9.37 Å². The molecule has 26 heavy (non-hydrogen) atoms. The Bertz CT molecular complexity index is 885. The van der Waals surface area contributed by atoms with Crippen LogP contribution < -0.4 is 5.32 Å². The number of amides is 1. The third-order valence-electron chi connectivity index (χ3n) is 4.13. The summed E-state index contributed by atoms with van der Waals surface area (Å²) in [4.78, 5) is 16.2. The highest BCUT2D eigenvalue weighted by atomic mass is 19.1. The first kappa shape index (κ1) is 17.9. The van der Waals surface area contributed by atoms with Crippen LogP contribution in [0.1, 0.15) is 37.6 Å². The molecule has 0 spiro atoms. The van der Waals surface area contributed by atoms with E-state index >= 15 is 0 Å². The summed E-state index contributed by atoms with van der Waals surface area (Å²) in [5, 5.41) is 2.55. The number of carbonyl (C=O) groups is 1. The molecule has 0 aliphatic carbocycles. The van der Waals surface area contributed by atoms with E-state index in [1.807, 2.05) is 12.1 Å². The zero-order valence-electron chi connectivity index (χ0n) is 14.8. The molecular formula is C21H21FN2O2. The summed E-state index contributed by atoms with van der Waals surface area (Å²) in [5.41, 5.74) is 2.39. The molecule has 0 radical (unpaired) electrons. The number of aryl methyl sites for hydroxylation is 1. The van der Waals surface area contributed by atoms with Gasteiger partial charge in [0, 0.05) is 18.4 Å². The lowest BCUT2D eigenvalue weighted by molar-refractivity contribution is -0.116. The van der Waals surface area contributed by atoms with Crippen molar-refractivity contribution in [2.24, 2.45) is 0 Å². The van der Waals surface area contributed by atoms with Crippen LogP contribution in [0.5, 0.6) is 0 Å². The normalized spacial score (nSPS) is 10.9. The van der Waals surface area contributed by atoms with E-state index in [9.17, 15) is 9.18 Å². The molecule has 3 aromatic rings. The Hall–Kier alpha value is -2.95. The van der Waals surface area contributed by atoms with Crippen molar-refractivity contribution in [3.63, 3.8) is 0 Å². The summed E-state index contributed by atoms with van der Waals surface area (Å²) in [6.07, 6.45) is 2.18. The van der Waals surface area contributed by atoms with Crippen molar-refractivity contribution in [3.05, 3.63) is 72.0 Å². The molecule has 4 nitrogen and oxygen atoms in total. The maximum absolute atomic E-state index is 13.5. The third kappa shape index (κ3) is 4.36. The van der Waals surface area contributed by atoms with Gasteiger partial charge in [0.15, 0.2) is 11.7 Å². The van der Waals surface area contributed by atoms with Crippen LogP contribution >= 0.6 is 0 Å². The van der Waals surface area contributed by atoms with Gasteiger partial charge in [0.05, 0.1) is 11.9 Å². The number of anilines is 1. The number of rotatable bonds is 6. The molecule has 0 aliphatic rings. The average Bonchev–Trinajstić information content (AvgIpc) is 3.11. The molecule has 0 atom stereocenters. The Labute approximate surface area is 152 Å². The number of carbonyl (C=O) groups excluding carboxylic acids is 1. The molecule has 0 unspecified atom stereocenters. The standard InChI is InChI=1S/C21H21FN2O2/c1-14(2)15-7-9-16(10-8-15)19-13-23-21(26-19)12-11-20(25)24-18-6-4-3-5-17(18)22/h3-10,13-14H,11-12H2,1-2H3,(H,24,25). The van der Waals surface area contributed by atoms with E-state index in [1.54, 1.807) is 18.3 Å². The van der Waals surface area contributed by atoms with E-state index in [4.69, 9.17) is 4.42 Å². The fourth-order valence-electron chi connectivity index (χ4n) is 2.59. The highest BCUT2D eigenvalue weighted by Crippen LogP contribution is 2.24. The van der Waals surface area contributed by atoms with Crippen LogP contribution in [-0.2, 0) is 11.2 Å². The van der Waals surface area contributed by atoms with Crippen molar-refractivity contribution in [2.75, 3.05) is 5.32 Å². The first-order chi connectivity index (χ1) is 12.5. The van der Waals surface area contributed by atoms with Crippen LogP contribution in [-0.4, -0.2) is 10.9 Å². The first-order valence-corrected chi connectivity index (χ1v) is 8.62. The first-order valence-electron chi connectivity index (χ1n) is 8.62. The summed E-state index contributed by atoms with van der Waals surface area (Å²) in [6.45, 7) is 4.29. The number of para-hydroxylation sites is 1. The molecule has 0 bridgehead atoms. The minimum absolute atomic E-state index is 0.167. The van der Waals surface area contributed by atoms with E-state index in [0.29, 0.717) is 24.0 Å². The second-order valence-corrected chi connectivity index (χ2v) is 6.42. The fourth-order valence-corrected chi connectivity index (χ4v) is 2.59. The Balaban J connectivity index is 1.58. The van der Waals surface area contributed by atoms with Gasteiger partial charge in [-0.2, -0.15) is 0 Å². The van der Waals surface area contributed by atoms with Crippen LogP contribution in [0.15, 0.2) is 59.1 Å². The maximum Gasteiger partial charge on any atom is 0.224 e. The van der Waals surface area contributed by atoms with E-state index in [-0.39, 0.29) is 18.0 Å². The third-order valence-corrected chi connectivity index (χ3v) is 4.13. The molecule has 0 fully saturated rings. The molecular weight excluding hydrogens is 331 g/mol. The molecule has 0 saturated heterocycles. The number of aromatic nitrogens is 1. The number of benzene rings is 2. The highest BCUT2D eigenvalue weighted by molar-refractivity contribution is 5.90. The average molecular weight is 352 g/mol. The summed E-state index contributed by atoms with van der Waals surface area (Å²) >= 11 is 0. The highest BCUT2D eigenvalue weighted by Gasteiger charge is 2.11. The van der Waals surface area contributed by atoms with Gasteiger partial charge in [-0.05, 0) is 23.6 Å².